The van der Waals surface area contributed by atoms with E-state index in [4.69, 9.17) is 4.74 Å². The van der Waals surface area contributed by atoms with Gasteiger partial charge < -0.3 is 15.4 Å². The van der Waals surface area contributed by atoms with Gasteiger partial charge in [-0.2, -0.15) is 0 Å². The summed E-state index contributed by atoms with van der Waals surface area (Å²) in [6.07, 6.45) is 8.63. The zero-order valence-electron chi connectivity index (χ0n) is 16.8. The van der Waals surface area contributed by atoms with E-state index in [2.05, 4.69) is 10.6 Å². The Kier molecular flexibility index (Phi) is 5.61. The van der Waals surface area contributed by atoms with E-state index >= 15 is 0 Å². The number of benzene rings is 1. The third kappa shape index (κ3) is 4.34. The molecule has 0 radical (unpaired) electrons. The molecule has 0 aromatic heterocycles. The molecule has 28 heavy (non-hydrogen) atoms. The summed E-state index contributed by atoms with van der Waals surface area (Å²) >= 11 is 0. The summed E-state index contributed by atoms with van der Waals surface area (Å²) in [5.41, 5.74) is 0.869. The molecule has 1 aromatic rings. The lowest BCUT2D eigenvalue weighted by molar-refractivity contribution is -0.129. The highest BCUT2D eigenvalue weighted by atomic mass is 16.5. The number of ether oxygens (including phenoxy) is 1. The Hall–Kier alpha value is -2.04. The smallest absolute Gasteiger partial charge is 0.251 e. The molecule has 0 heterocycles. The van der Waals surface area contributed by atoms with E-state index < -0.39 is 0 Å². The summed E-state index contributed by atoms with van der Waals surface area (Å²) in [7, 11) is 0. The van der Waals surface area contributed by atoms with E-state index in [1.807, 2.05) is 6.92 Å². The lowest BCUT2D eigenvalue weighted by Gasteiger charge is -2.56. The van der Waals surface area contributed by atoms with Crippen molar-refractivity contribution in [2.45, 2.75) is 51.9 Å². The van der Waals surface area contributed by atoms with Crippen LogP contribution in [-0.4, -0.2) is 31.5 Å². The molecule has 4 bridgehead atoms. The monoisotopic (exact) mass is 384 g/mol. The number of rotatable bonds is 8. The Bertz CT molecular complexity index is 678. The number of hydrogen-bond acceptors (Lipinski definition) is 3. The highest BCUT2D eigenvalue weighted by molar-refractivity contribution is 5.94. The zero-order valence-corrected chi connectivity index (χ0v) is 16.8. The van der Waals surface area contributed by atoms with E-state index in [9.17, 15) is 9.59 Å². The molecule has 4 saturated carbocycles. The molecule has 1 aromatic carbocycles. The Morgan fingerprint density at radius 3 is 2.11 bits per heavy atom. The van der Waals surface area contributed by atoms with E-state index in [0.717, 1.165) is 23.5 Å². The molecule has 5 heteroatoms. The first-order valence-corrected chi connectivity index (χ1v) is 10.8. The maximum atomic E-state index is 12.5. The minimum Gasteiger partial charge on any atom is -0.494 e. The normalized spacial score (nSPS) is 30.1. The van der Waals surface area contributed by atoms with Gasteiger partial charge in [-0.3, -0.25) is 9.59 Å². The maximum absolute atomic E-state index is 12.5. The molecule has 0 saturated heterocycles. The van der Waals surface area contributed by atoms with Crippen molar-refractivity contribution >= 4 is 11.8 Å². The number of nitrogens with one attached hydrogen (secondary N) is 2. The van der Waals surface area contributed by atoms with Crippen LogP contribution in [0, 0.1) is 23.2 Å². The highest BCUT2D eigenvalue weighted by Crippen LogP contribution is 2.61. The van der Waals surface area contributed by atoms with Crippen LogP contribution in [0.1, 0.15) is 62.2 Å². The first-order chi connectivity index (χ1) is 13.5. The minimum absolute atomic E-state index is 0.126. The molecule has 0 spiro atoms. The average molecular weight is 385 g/mol. The van der Waals surface area contributed by atoms with Crippen molar-refractivity contribution in [2.24, 2.45) is 23.2 Å². The lowest BCUT2D eigenvalue weighted by Crippen LogP contribution is -2.48. The van der Waals surface area contributed by atoms with Crippen LogP contribution in [0.25, 0.3) is 0 Å². The zero-order chi connectivity index (χ0) is 19.6. The van der Waals surface area contributed by atoms with Crippen LogP contribution in [0.15, 0.2) is 24.3 Å². The molecule has 5 nitrogen and oxygen atoms in total. The van der Waals surface area contributed by atoms with Gasteiger partial charge in [0.15, 0.2) is 0 Å². The quantitative estimate of drug-likeness (QED) is 0.674. The second-order valence-electron chi connectivity index (χ2n) is 9.16. The van der Waals surface area contributed by atoms with Gasteiger partial charge in [0.1, 0.15) is 5.75 Å². The fraction of sp³-hybridized carbons (Fsp3) is 0.652. The molecule has 2 amide bonds. The van der Waals surface area contributed by atoms with Gasteiger partial charge in [0.2, 0.25) is 5.91 Å². The van der Waals surface area contributed by atoms with Gasteiger partial charge in [-0.05, 0) is 92.9 Å². The van der Waals surface area contributed by atoms with E-state index in [-0.39, 0.29) is 17.2 Å². The maximum Gasteiger partial charge on any atom is 0.251 e. The van der Waals surface area contributed by atoms with Crippen molar-refractivity contribution in [2.75, 3.05) is 19.7 Å². The molecule has 0 unspecified atom stereocenters. The minimum atomic E-state index is -0.126. The predicted molar refractivity (Wildman–Crippen MR) is 108 cm³/mol. The van der Waals surface area contributed by atoms with Crippen LogP contribution in [0.4, 0.5) is 0 Å². The Morgan fingerprint density at radius 1 is 0.964 bits per heavy atom. The van der Waals surface area contributed by atoms with Gasteiger partial charge in [0.25, 0.3) is 5.91 Å². The van der Waals surface area contributed by atoms with E-state index in [1.165, 1.54) is 38.5 Å². The first-order valence-electron chi connectivity index (χ1n) is 10.8. The van der Waals surface area contributed by atoms with Crippen molar-refractivity contribution in [1.29, 1.82) is 0 Å². The molecule has 0 atom stereocenters. The number of hydrogen-bond donors (Lipinski definition) is 2. The largest absolute Gasteiger partial charge is 0.494 e. The van der Waals surface area contributed by atoms with Crippen molar-refractivity contribution in [3.8, 4) is 5.75 Å². The molecule has 152 valence electrons. The summed E-state index contributed by atoms with van der Waals surface area (Å²) in [4.78, 5) is 24.7. The molecule has 0 aliphatic heterocycles. The first kappa shape index (κ1) is 19.3. The molecular formula is C23H32N2O3. The van der Waals surface area contributed by atoms with Crippen LogP contribution in [0.2, 0.25) is 0 Å². The van der Waals surface area contributed by atoms with Crippen LogP contribution >= 0.6 is 0 Å². The van der Waals surface area contributed by atoms with Crippen molar-refractivity contribution in [3.05, 3.63) is 29.8 Å². The lowest BCUT2D eigenvalue weighted by atomic mass is 9.49. The molecule has 2 N–H and O–H groups in total. The van der Waals surface area contributed by atoms with Gasteiger partial charge >= 0.3 is 0 Å². The third-order valence-electron chi connectivity index (χ3n) is 6.86. The van der Waals surface area contributed by atoms with Gasteiger partial charge in [0.05, 0.1) is 6.61 Å². The van der Waals surface area contributed by atoms with Crippen molar-refractivity contribution in [1.82, 2.24) is 10.6 Å². The number of amides is 2. The summed E-state index contributed by atoms with van der Waals surface area (Å²) in [6.45, 7) is 3.46. The number of carbonyl (C=O) groups excluding carboxylic acids is 2. The Labute approximate surface area is 167 Å². The van der Waals surface area contributed by atoms with Crippen LogP contribution in [-0.2, 0) is 4.79 Å². The molecular weight excluding hydrogens is 352 g/mol. The number of carbonyl (C=O) groups is 2. The van der Waals surface area contributed by atoms with Gasteiger partial charge in [-0.15, -0.1) is 0 Å². The second kappa shape index (κ2) is 8.14. The fourth-order valence-corrected chi connectivity index (χ4v) is 6.26. The Morgan fingerprint density at radius 2 is 1.54 bits per heavy atom. The van der Waals surface area contributed by atoms with Crippen molar-refractivity contribution < 1.29 is 14.3 Å². The van der Waals surface area contributed by atoms with Crippen LogP contribution in [0.3, 0.4) is 0 Å². The molecule has 5 rings (SSSR count). The van der Waals surface area contributed by atoms with Crippen LogP contribution in [0.5, 0.6) is 5.75 Å². The van der Waals surface area contributed by atoms with Gasteiger partial charge in [-0.1, -0.05) is 0 Å². The van der Waals surface area contributed by atoms with Gasteiger partial charge in [0, 0.05) is 25.1 Å². The predicted octanol–water partition coefficient (Wildman–Crippen LogP) is 3.54. The molecule has 4 fully saturated rings. The average Bonchev–Trinajstić information content (AvgIpc) is 2.64. The summed E-state index contributed by atoms with van der Waals surface area (Å²) < 4.78 is 5.39. The summed E-state index contributed by atoms with van der Waals surface area (Å²) in [6, 6.07) is 7.11. The second-order valence-corrected chi connectivity index (χ2v) is 9.16. The highest BCUT2D eigenvalue weighted by Gasteiger charge is 2.51. The SMILES string of the molecule is CCOc1ccc(C(=O)NCCNC(=O)CC23CC4CC(CC(C4)C2)C3)cc1. The van der Waals surface area contributed by atoms with Gasteiger partial charge in [-0.25, -0.2) is 0 Å². The standard InChI is InChI=1S/C23H32N2O3/c1-2-28-20-5-3-19(4-6-20)22(27)25-8-7-24-21(26)15-23-12-16-9-17(13-23)11-18(10-16)14-23/h3-6,16-18H,2,7-15H2,1H3,(H,24,26)(H,25,27). The van der Waals surface area contributed by atoms with E-state index in [0.29, 0.717) is 31.7 Å². The summed E-state index contributed by atoms with van der Waals surface area (Å²) in [5.74, 6) is 3.39. The molecule has 4 aliphatic carbocycles. The van der Waals surface area contributed by atoms with Crippen LogP contribution < -0.4 is 15.4 Å². The fourth-order valence-electron chi connectivity index (χ4n) is 6.26. The van der Waals surface area contributed by atoms with Crippen molar-refractivity contribution in [3.63, 3.8) is 0 Å². The molecule has 4 aliphatic rings. The Balaban J connectivity index is 1.18. The van der Waals surface area contributed by atoms with E-state index in [1.54, 1.807) is 24.3 Å². The third-order valence-corrected chi connectivity index (χ3v) is 6.86. The summed E-state index contributed by atoms with van der Waals surface area (Å²) in [5, 5.41) is 5.89. The topological polar surface area (TPSA) is 67.4 Å².